The standard InChI is InChI=1S/C15H19NO3/c1-11(15-7-4-8-19-15)16-10-14(17)12-5-3-6-13(9-12)18-2/h3-9,11,14,16-17H,10H2,1-2H3/t11-,14?/m1/s1. The predicted molar refractivity (Wildman–Crippen MR) is 73.1 cm³/mol. The average molecular weight is 261 g/mol. The summed E-state index contributed by atoms with van der Waals surface area (Å²) in [5, 5.41) is 13.4. The molecule has 4 heteroatoms. The molecule has 0 aliphatic rings. The summed E-state index contributed by atoms with van der Waals surface area (Å²) in [6, 6.07) is 11.3. The molecular formula is C15H19NO3. The molecule has 1 aromatic carbocycles. The van der Waals surface area contributed by atoms with Gasteiger partial charge in [0.15, 0.2) is 0 Å². The molecule has 0 fully saturated rings. The number of aliphatic hydroxyl groups is 1. The molecule has 0 saturated heterocycles. The second-order valence-electron chi connectivity index (χ2n) is 4.44. The molecule has 2 aromatic rings. The van der Waals surface area contributed by atoms with Crippen LogP contribution in [0, 0.1) is 0 Å². The van der Waals surface area contributed by atoms with Crippen molar-refractivity contribution in [2.75, 3.05) is 13.7 Å². The largest absolute Gasteiger partial charge is 0.497 e. The van der Waals surface area contributed by atoms with E-state index in [9.17, 15) is 5.11 Å². The fourth-order valence-electron chi connectivity index (χ4n) is 1.89. The Morgan fingerprint density at radius 2 is 2.16 bits per heavy atom. The first kappa shape index (κ1) is 13.6. The average Bonchev–Trinajstić information content (AvgIpc) is 2.98. The fraction of sp³-hybridized carbons (Fsp3) is 0.333. The number of ether oxygens (including phenoxy) is 1. The van der Waals surface area contributed by atoms with Gasteiger partial charge < -0.3 is 19.6 Å². The highest BCUT2D eigenvalue weighted by Crippen LogP contribution is 2.19. The third kappa shape index (κ3) is 3.59. The second kappa shape index (κ2) is 6.41. The minimum absolute atomic E-state index is 0.0651. The Balaban J connectivity index is 1.91. The topological polar surface area (TPSA) is 54.6 Å². The molecule has 19 heavy (non-hydrogen) atoms. The summed E-state index contributed by atoms with van der Waals surface area (Å²) in [6.45, 7) is 2.45. The van der Waals surface area contributed by atoms with Crippen molar-refractivity contribution in [1.82, 2.24) is 5.32 Å². The molecule has 0 aliphatic heterocycles. The van der Waals surface area contributed by atoms with E-state index in [4.69, 9.17) is 9.15 Å². The van der Waals surface area contributed by atoms with Crippen molar-refractivity contribution in [3.63, 3.8) is 0 Å². The third-order valence-corrected chi connectivity index (χ3v) is 3.07. The molecule has 0 spiro atoms. The van der Waals surface area contributed by atoms with Crippen molar-refractivity contribution < 1.29 is 14.3 Å². The molecule has 1 heterocycles. The molecule has 0 amide bonds. The molecule has 0 radical (unpaired) electrons. The molecule has 2 rings (SSSR count). The molecule has 1 unspecified atom stereocenters. The van der Waals surface area contributed by atoms with Crippen LogP contribution in [0.1, 0.15) is 30.4 Å². The lowest BCUT2D eigenvalue weighted by Crippen LogP contribution is -2.24. The number of methoxy groups -OCH3 is 1. The van der Waals surface area contributed by atoms with Gasteiger partial charge in [-0.25, -0.2) is 0 Å². The van der Waals surface area contributed by atoms with Crippen LogP contribution in [0.4, 0.5) is 0 Å². The van der Waals surface area contributed by atoms with E-state index < -0.39 is 6.10 Å². The zero-order valence-corrected chi connectivity index (χ0v) is 11.2. The Bertz CT molecular complexity index is 496. The van der Waals surface area contributed by atoms with E-state index in [2.05, 4.69) is 5.32 Å². The predicted octanol–water partition coefficient (Wildman–Crippen LogP) is 2.67. The highest BCUT2D eigenvalue weighted by molar-refractivity contribution is 5.29. The van der Waals surface area contributed by atoms with Gasteiger partial charge in [0, 0.05) is 6.54 Å². The summed E-state index contributed by atoms with van der Waals surface area (Å²) < 4.78 is 10.4. The Labute approximate surface area is 113 Å². The van der Waals surface area contributed by atoms with Crippen LogP contribution in [0.15, 0.2) is 47.1 Å². The van der Waals surface area contributed by atoms with E-state index in [1.807, 2.05) is 43.3 Å². The van der Waals surface area contributed by atoms with Gasteiger partial charge in [-0.15, -0.1) is 0 Å². The van der Waals surface area contributed by atoms with Gasteiger partial charge >= 0.3 is 0 Å². The van der Waals surface area contributed by atoms with Crippen LogP contribution in [0.3, 0.4) is 0 Å². The highest BCUT2D eigenvalue weighted by Gasteiger charge is 2.12. The molecule has 2 N–H and O–H groups in total. The van der Waals surface area contributed by atoms with E-state index in [0.29, 0.717) is 6.54 Å². The maximum atomic E-state index is 10.1. The first-order chi connectivity index (χ1) is 9.20. The van der Waals surface area contributed by atoms with Crippen molar-refractivity contribution in [3.05, 3.63) is 54.0 Å². The lowest BCUT2D eigenvalue weighted by molar-refractivity contribution is 0.168. The van der Waals surface area contributed by atoms with Crippen LogP contribution >= 0.6 is 0 Å². The molecule has 4 nitrogen and oxygen atoms in total. The number of benzene rings is 1. The molecule has 1 aromatic heterocycles. The smallest absolute Gasteiger partial charge is 0.120 e. The van der Waals surface area contributed by atoms with Gasteiger partial charge in [-0.05, 0) is 36.8 Å². The van der Waals surface area contributed by atoms with Gasteiger partial charge in [-0.3, -0.25) is 0 Å². The fourth-order valence-corrected chi connectivity index (χ4v) is 1.89. The minimum Gasteiger partial charge on any atom is -0.497 e. The van der Waals surface area contributed by atoms with Crippen LogP contribution in [0.2, 0.25) is 0 Å². The van der Waals surface area contributed by atoms with Gasteiger partial charge in [0.2, 0.25) is 0 Å². The lowest BCUT2D eigenvalue weighted by Gasteiger charge is -2.16. The Kier molecular flexibility index (Phi) is 4.60. The van der Waals surface area contributed by atoms with Crippen molar-refractivity contribution in [2.45, 2.75) is 19.1 Å². The third-order valence-electron chi connectivity index (χ3n) is 3.07. The van der Waals surface area contributed by atoms with E-state index in [-0.39, 0.29) is 6.04 Å². The van der Waals surface area contributed by atoms with E-state index in [1.165, 1.54) is 0 Å². The number of rotatable bonds is 6. The number of furan rings is 1. The normalized spacial score (nSPS) is 14.1. The van der Waals surface area contributed by atoms with Gasteiger partial charge in [0.05, 0.1) is 25.5 Å². The van der Waals surface area contributed by atoms with Gasteiger partial charge in [0.25, 0.3) is 0 Å². The lowest BCUT2D eigenvalue weighted by atomic mass is 10.1. The molecule has 0 bridgehead atoms. The number of hydrogen-bond donors (Lipinski definition) is 2. The van der Waals surface area contributed by atoms with Crippen LogP contribution in [0.5, 0.6) is 5.75 Å². The van der Waals surface area contributed by atoms with Crippen molar-refractivity contribution in [3.8, 4) is 5.75 Å². The van der Waals surface area contributed by atoms with Gasteiger partial charge in [-0.2, -0.15) is 0 Å². The van der Waals surface area contributed by atoms with Gasteiger partial charge in [0.1, 0.15) is 11.5 Å². The molecular weight excluding hydrogens is 242 g/mol. The monoisotopic (exact) mass is 261 g/mol. The summed E-state index contributed by atoms with van der Waals surface area (Å²) in [5.74, 6) is 1.61. The maximum Gasteiger partial charge on any atom is 0.120 e. The van der Waals surface area contributed by atoms with E-state index >= 15 is 0 Å². The number of hydrogen-bond acceptors (Lipinski definition) is 4. The Morgan fingerprint density at radius 3 is 2.84 bits per heavy atom. The second-order valence-corrected chi connectivity index (χ2v) is 4.44. The Hall–Kier alpha value is -1.78. The molecule has 2 atom stereocenters. The Morgan fingerprint density at radius 1 is 1.32 bits per heavy atom. The van der Waals surface area contributed by atoms with Crippen molar-refractivity contribution in [2.24, 2.45) is 0 Å². The summed E-state index contributed by atoms with van der Waals surface area (Å²) in [4.78, 5) is 0. The SMILES string of the molecule is COc1cccc(C(O)CN[C@H](C)c2ccco2)c1. The summed E-state index contributed by atoms with van der Waals surface area (Å²) in [5.41, 5.74) is 0.832. The zero-order valence-electron chi connectivity index (χ0n) is 11.2. The van der Waals surface area contributed by atoms with Crippen LogP contribution in [-0.4, -0.2) is 18.8 Å². The first-order valence-corrected chi connectivity index (χ1v) is 6.29. The summed E-state index contributed by atoms with van der Waals surface area (Å²) in [6.07, 6.45) is 1.07. The summed E-state index contributed by atoms with van der Waals surface area (Å²) >= 11 is 0. The maximum absolute atomic E-state index is 10.1. The zero-order chi connectivity index (χ0) is 13.7. The van der Waals surface area contributed by atoms with Crippen molar-refractivity contribution >= 4 is 0 Å². The van der Waals surface area contributed by atoms with Crippen LogP contribution in [0.25, 0.3) is 0 Å². The van der Waals surface area contributed by atoms with E-state index in [1.54, 1.807) is 13.4 Å². The quantitative estimate of drug-likeness (QED) is 0.839. The van der Waals surface area contributed by atoms with E-state index in [0.717, 1.165) is 17.1 Å². The summed E-state index contributed by atoms with van der Waals surface area (Å²) in [7, 11) is 1.61. The van der Waals surface area contributed by atoms with Crippen LogP contribution < -0.4 is 10.1 Å². The van der Waals surface area contributed by atoms with Gasteiger partial charge in [-0.1, -0.05) is 12.1 Å². The van der Waals surface area contributed by atoms with Crippen molar-refractivity contribution in [1.29, 1.82) is 0 Å². The number of aliphatic hydroxyl groups excluding tert-OH is 1. The minimum atomic E-state index is -0.576. The molecule has 0 saturated carbocycles. The first-order valence-electron chi connectivity index (χ1n) is 6.29. The highest BCUT2D eigenvalue weighted by atomic mass is 16.5. The van der Waals surface area contributed by atoms with Crippen LogP contribution in [-0.2, 0) is 0 Å². The number of nitrogens with one attached hydrogen (secondary N) is 1. The molecule has 102 valence electrons. The molecule has 0 aliphatic carbocycles.